The maximum absolute atomic E-state index is 5.67. The Labute approximate surface area is 117 Å². The average Bonchev–Trinajstić information content (AvgIpc) is 2.94. The summed E-state index contributed by atoms with van der Waals surface area (Å²) in [7, 11) is 0. The lowest BCUT2D eigenvalue weighted by Crippen LogP contribution is -2.39. The van der Waals surface area contributed by atoms with Gasteiger partial charge in [-0.05, 0) is 26.8 Å². The van der Waals surface area contributed by atoms with Crippen LogP contribution in [0.25, 0.3) is 0 Å². The van der Waals surface area contributed by atoms with Crippen LogP contribution in [0.2, 0.25) is 0 Å². The second-order valence-electron chi connectivity index (χ2n) is 4.72. The quantitative estimate of drug-likeness (QED) is 0.622. The van der Waals surface area contributed by atoms with Crippen molar-refractivity contribution >= 4 is 11.3 Å². The lowest BCUT2D eigenvalue weighted by molar-refractivity contribution is 0.493. The molecule has 0 aliphatic carbocycles. The van der Waals surface area contributed by atoms with E-state index in [1.54, 1.807) is 11.3 Å². The summed E-state index contributed by atoms with van der Waals surface area (Å²) in [6.45, 7) is 7.03. The number of nitrogens with one attached hydrogen (secondary N) is 1. The van der Waals surface area contributed by atoms with Crippen LogP contribution in [0.3, 0.4) is 0 Å². The highest BCUT2D eigenvalue weighted by atomic mass is 32.1. The van der Waals surface area contributed by atoms with Crippen LogP contribution in [0.15, 0.2) is 11.4 Å². The molecular weight excluding hydrogens is 258 g/mol. The van der Waals surface area contributed by atoms with Gasteiger partial charge in [-0.15, -0.1) is 11.3 Å². The van der Waals surface area contributed by atoms with Gasteiger partial charge in [-0.3, -0.25) is 16.0 Å². The largest absolute Gasteiger partial charge is 0.271 e. The minimum Gasteiger partial charge on any atom is -0.271 e. The van der Waals surface area contributed by atoms with Crippen molar-refractivity contribution in [1.82, 2.24) is 20.2 Å². The Bertz CT molecular complexity index is 531. The van der Waals surface area contributed by atoms with Crippen LogP contribution in [0.1, 0.15) is 29.0 Å². The zero-order valence-electron chi connectivity index (χ0n) is 11.7. The smallest absolute Gasteiger partial charge is 0.0897 e. The van der Waals surface area contributed by atoms with E-state index in [1.165, 1.54) is 5.69 Å². The van der Waals surface area contributed by atoms with Crippen LogP contribution in [-0.2, 0) is 19.4 Å². The van der Waals surface area contributed by atoms with E-state index in [0.29, 0.717) is 0 Å². The Morgan fingerprint density at radius 2 is 2.21 bits per heavy atom. The van der Waals surface area contributed by atoms with Gasteiger partial charge in [-0.1, -0.05) is 0 Å². The first-order chi connectivity index (χ1) is 9.12. The van der Waals surface area contributed by atoms with Gasteiger partial charge >= 0.3 is 0 Å². The van der Waals surface area contributed by atoms with Crippen molar-refractivity contribution in [2.24, 2.45) is 5.84 Å². The van der Waals surface area contributed by atoms with E-state index in [0.717, 1.165) is 35.8 Å². The van der Waals surface area contributed by atoms with E-state index in [-0.39, 0.29) is 6.04 Å². The molecule has 0 aromatic carbocycles. The summed E-state index contributed by atoms with van der Waals surface area (Å²) in [4.78, 5) is 4.49. The number of aromatic nitrogens is 3. The highest BCUT2D eigenvalue weighted by Gasteiger charge is 2.14. The Morgan fingerprint density at radius 3 is 2.79 bits per heavy atom. The second-order valence-corrected chi connectivity index (χ2v) is 5.78. The van der Waals surface area contributed by atoms with Crippen molar-refractivity contribution in [3.63, 3.8) is 0 Å². The fourth-order valence-electron chi connectivity index (χ4n) is 2.23. The van der Waals surface area contributed by atoms with Crippen LogP contribution >= 0.6 is 11.3 Å². The minimum absolute atomic E-state index is 0.183. The lowest BCUT2D eigenvalue weighted by Gasteiger charge is -2.15. The van der Waals surface area contributed by atoms with Crippen molar-refractivity contribution in [2.45, 2.75) is 46.2 Å². The number of hydrogen-bond donors (Lipinski definition) is 2. The molecule has 1 atom stereocenters. The molecular formula is C13H21N5S. The molecule has 2 aromatic rings. The van der Waals surface area contributed by atoms with Crippen LogP contribution in [0, 0.1) is 13.8 Å². The van der Waals surface area contributed by atoms with Crippen LogP contribution in [0.5, 0.6) is 0 Å². The highest BCUT2D eigenvalue weighted by molar-refractivity contribution is 7.09. The van der Waals surface area contributed by atoms with Gasteiger partial charge in [-0.25, -0.2) is 4.98 Å². The predicted molar refractivity (Wildman–Crippen MR) is 78.0 cm³/mol. The van der Waals surface area contributed by atoms with E-state index >= 15 is 0 Å². The highest BCUT2D eigenvalue weighted by Crippen LogP contribution is 2.13. The maximum Gasteiger partial charge on any atom is 0.0897 e. The van der Waals surface area contributed by atoms with Gasteiger partial charge < -0.3 is 0 Å². The van der Waals surface area contributed by atoms with Gasteiger partial charge in [0.1, 0.15) is 0 Å². The Hall–Kier alpha value is -1.24. The number of nitrogens with zero attached hydrogens (tertiary/aromatic N) is 3. The molecule has 6 heteroatoms. The molecule has 19 heavy (non-hydrogen) atoms. The van der Waals surface area contributed by atoms with E-state index in [1.807, 2.05) is 18.5 Å². The molecule has 2 rings (SSSR count). The number of hydrazine groups is 1. The Kier molecular flexibility index (Phi) is 4.68. The third-order valence-electron chi connectivity index (χ3n) is 3.10. The van der Waals surface area contributed by atoms with Gasteiger partial charge in [0.15, 0.2) is 0 Å². The van der Waals surface area contributed by atoms with Gasteiger partial charge in [-0.2, -0.15) is 5.10 Å². The van der Waals surface area contributed by atoms with E-state index in [4.69, 9.17) is 5.84 Å². The standard InChI is InChI=1S/C13H21N5S/c1-4-18-13(5-9(2)17-18)7-11(16-14)6-12-8-19-10(3)15-12/h5,8,11,16H,4,6-7,14H2,1-3H3. The fraction of sp³-hybridized carbons (Fsp3) is 0.538. The number of rotatable bonds is 6. The van der Waals surface area contributed by atoms with Gasteiger partial charge in [0.2, 0.25) is 0 Å². The zero-order chi connectivity index (χ0) is 13.8. The first-order valence-electron chi connectivity index (χ1n) is 6.52. The van der Waals surface area contributed by atoms with E-state index in [9.17, 15) is 0 Å². The van der Waals surface area contributed by atoms with Crippen molar-refractivity contribution in [2.75, 3.05) is 0 Å². The third-order valence-corrected chi connectivity index (χ3v) is 3.92. The van der Waals surface area contributed by atoms with Crippen molar-refractivity contribution < 1.29 is 0 Å². The van der Waals surface area contributed by atoms with Crippen molar-refractivity contribution in [3.05, 3.63) is 33.5 Å². The molecule has 0 saturated carbocycles. The number of nitrogens with two attached hydrogens (primary N) is 1. The summed E-state index contributed by atoms with van der Waals surface area (Å²) in [5.41, 5.74) is 6.26. The molecule has 0 spiro atoms. The summed E-state index contributed by atoms with van der Waals surface area (Å²) in [6.07, 6.45) is 1.70. The molecule has 0 amide bonds. The third kappa shape index (κ3) is 3.62. The molecule has 0 fully saturated rings. The second kappa shape index (κ2) is 6.27. The van der Waals surface area contributed by atoms with Crippen LogP contribution < -0.4 is 11.3 Å². The summed E-state index contributed by atoms with van der Waals surface area (Å²) >= 11 is 1.68. The first-order valence-corrected chi connectivity index (χ1v) is 7.40. The van der Waals surface area contributed by atoms with Crippen molar-refractivity contribution in [3.8, 4) is 0 Å². The summed E-state index contributed by atoms with van der Waals surface area (Å²) in [5, 5.41) is 7.66. The molecule has 104 valence electrons. The number of aryl methyl sites for hydroxylation is 3. The minimum atomic E-state index is 0.183. The molecule has 2 aromatic heterocycles. The van der Waals surface area contributed by atoms with Gasteiger partial charge in [0.25, 0.3) is 0 Å². The fourth-order valence-corrected chi connectivity index (χ4v) is 2.86. The Balaban J connectivity index is 2.06. The predicted octanol–water partition coefficient (Wildman–Crippen LogP) is 1.59. The molecule has 3 N–H and O–H groups in total. The molecule has 5 nitrogen and oxygen atoms in total. The molecule has 2 heterocycles. The molecule has 0 bridgehead atoms. The SMILES string of the molecule is CCn1nc(C)cc1CC(Cc1csc(C)n1)NN. The monoisotopic (exact) mass is 279 g/mol. The summed E-state index contributed by atoms with van der Waals surface area (Å²) in [5.74, 6) is 5.67. The summed E-state index contributed by atoms with van der Waals surface area (Å²) < 4.78 is 2.03. The van der Waals surface area contributed by atoms with E-state index < -0.39 is 0 Å². The van der Waals surface area contributed by atoms with Gasteiger partial charge in [0, 0.05) is 36.5 Å². The van der Waals surface area contributed by atoms with Crippen LogP contribution in [-0.4, -0.2) is 20.8 Å². The number of thiazole rings is 1. The molecule has 0 aliphatic heterocycles. The zero-order valence-corrected chi connectivity index (χ0v) is 12.5. The van der Waals surface area contributed by atoms with Crippen LogP contribution in [0.4, 0.5) is 0 Å². The summed E-state index contributed by atoms with van der Waals surface area (Å²) in [6, 6.07) is 2.31. The van der Waals surface area contributed by atoms with Gasteiger partial charge in [0.05, 0.1) is 16.4 Å². The lowest BCUT2D eigenvalue weighted by atomic mass is 10.1. The first kappa shape index (κ1) is 14.2. The molecule has 0 aliphatic rings. The molecule has 0 saturated heterocycles. The van der Waals surface area contributed by atoms with E-state index in [2.05, 4.69) is 33.9 Å². The Morgan fingerprint density at radius 1 is 1.42 bits per heavy atom. The topological polar surface area (TPSA) is 68.8 Å². The maximum atomic E-state index is 5.67. The normalized spacial score (nSPS) is 12.8. The van der Waals surface area contributed by atoms with Crippen molar-refractivity contribution in [1.29, 1.82) is 0 Å². The molecule has 0 radical (unpaired) electrons. The number of hydrogen-bond acceptors (Lipinski definition) is 5. The molecule has 1 unspecified atom stereocenters. The average molecular weight is 279 g/mol.